The number of aliphatic hydroxyl groups excluding tert-OH is 1. The zero-order chi connectivity index (χ0) is 22.2. The van der Waals surface area contributed by atoms with Crippen LogP contribution in [0.4, 0.5) is 0 Å². The molecule has 1 aliphatic rings. The third-order valence-electron chi connectivity index (χ3n) is 6.65. The number of H-pyrrole nitrogens is 1. The molecule has 1 fully saturated rings. The number of aliphatic hydroxyl groups is 1. The van der Waals surface area contributed by atoms with Gasteiger partial charge in [0.05, 0.1) is 0 Å². The number of likely N-dealkylation sites (tertiary alicyclic amines) is 1. The Balaban J connectivity index is 1.44. The number of nitrogens with one attached hydrogen (secondary N) is 1. The summed E-state index contributed by atoms with van der Waals surface area (Å²) in [6, 6.07) is 19.3. The molecule has 0 spiro atoms. The fourth-order valence-electron chi connectivity index (χ4n) is 4.69. The molecule has 0 bridgehead atoms. The molecular weight excluding hydrogens is 396 g/mol. The molecule has 2 N–H and O–H groups in total. The van der Waals surface area contributed by atoms with Crippen molar-refractivity contribution in [1.82, 2.24) is 19.8 Å². The third kappa shape index (κ3) is 3.95. The quantitative estimate of drug-likeness (QED) is 0.447. The number of pyridine rings is 1. The Bertz CT molecular complexity index is 1210. The predicted molar refractivity (Wildman–Crippen MR) is 130 cm³/mol. The monoisotopic (exact) mass is 426 g/mol. The van der Waals surface area contributed by atoms with Crippen LogP contribution >= 0.6 is 0 Å². The standard InChI is InChI=1S/C27H30N4O/c1-30(2)27(32)21-10-8-20(9-11-21)25-16-29-26-24(25)14-23(15-28-26)19-6-4-18(5-7-19)22-12-13-31(3)17-22/h4-11,14-16,22,27,32H,12-13,17H2,1-3H3,(H,28,29). The summed E-state index contributed by atoms with van der Waals surface area (Å²) >= 11 is 0. The maximum atomic E-state index is 10.3. The minimum Gasteiger partial charge on any atom is -0.374 e. The highest BCUT2D eigenvalue weighted by Crippen LogP contribution is 2.33. The van der Waals surface area contributed by atoms with Gasteiger partial charge in [0.2, 0.25) is 0 Å². The van der Waals surface area contributed by atoms with Crippen LogP contribution in [-0.4, -0.2) is 59.1 Å². The van der Waals surface area contributed by atoms with Crippen molar-refractivity contribution in [1.29, 1.82) is 0 Å². The van der Waals surface area contributed by atoms with Crippen molar-refractivity contribution in [3.8, 4) is 22.3 Å². The fourth-order valence-corrected chi connectivity index (χ4v) is 4.69. The molecule has 4 aromatic rings. The van der Waals surface area contributed by atoms with Crippen LogP contribution in [0.2, 0.25) is 0 Å². The first-order valence-corrected chi connectivity index (χ1v) is 11.2. The van der Waals surface area contributed by atoms with E-state index in [0.29, 0.717) is 5.92 Å². The van der Waals surface area contributed by atoms with E-state index in [1.807, 2.05) is 38.6 Å². The molecule has 164 valence electrons. The molecule has 2 aromatic heterocycles. The van der Waals surface area contributed by atoms with Crippen molar-refractivity contribution in [2.75, 3.05) is 34.2 Å². The lowest BCUT2D eigenvalue weighted by Crippen LogP contribution is -2.18. The van der Waals surface area contributed by atoms with E-state index in [0.717, 1.165) is 39.8 Å². The van der Waals surface area contributed by atoms with Crippen LogP contribution in [0.5, 0.6) is 0 Å². The van der Waals surface area contributed by atoms with Gasteiger partial charge in [-0.2, -0.15) is 0 Å². The lowest BCUT2D eigenvalue weighted by atomic mass is 9.95. The minimum absolute atomic E-state index is 0.604. The highest BCUT2D eigenvalue weighted by molar-refractivity contribution is 5.95. The van der Waals surface area contributed by atoms with Crippen molar-refractivity contribution in [3.05, 3.63) is 78.1 Å². The molecule has 0 radical (unpaired) electrons. The fraction of sp³-hybridized carbons (Fsp3) is 0.296. The maximum Gasteiger partial charge on any atom is 0.137 e. The third-order valence-corrected chi connectivity index (χ3v) is 6.65. The normalized spacial score (nSPS) is 18.0. The van der Waals surface area contributed by atoms with E-state index < -0.39 is 6.23 Å². The van der Waals surface area contributed by atoms with Crippen molar-refractivity contribution < 1.29 is 5.11 Å². The van der Waals surface area contributed by atoms with Gasteiger partial charge in [-0.05, 0) is 68.3 Å². The van der Waals surface area contributed by atoms with Crippen LogP contribution in [-0.2, 0) is 0 Å². The molecule has 5 rings (SSSR count). The Morgan fingerprint density at radius 2 is 1.75 bits per heavy atom. The second-order valence-corrected chi connectivity index (χ2v) is 9.15. The van der Waals surface area contributed by atoms with Crippen molar-refractivity contribution >= 4 is 11.0 Å². The number of hydrogen-bond donors (Lipinski definition) is 2. The number of benzene rings is 2. The Hall–Kier alpha value is -2.99. The van der Waals surface area contributed by atoms with E-state index in [-0.39, 0.29) is 0 Å². The number of likely N-dealkylation sites (N-methyl/N-ethyl adjacent to an activating group) is 1. The molecule has 5 nitrogen and oxygen atoms in total. The lowest BCUT2D eigenvalue weighted by molar-refractivity contribution is 0.0395. The molecule has 0 saturated carbocycles. The van der Waals surface area contributed by atoms with Gasteiger partial charge in [-0.25, -0.2) is 4.98 Å². The van der Waals surface area contributed by atoms with Gasteiger partial charge in [-0.15, -0.1) is 0 Å². The molecule has 1 saturated heterocycles. The molecule has 2 atom stereocenters. The molecule has 3 heterocycles. The van der Waals surface area contributed by atoms with Gasteiger partial charge in [-0.1, -0.05) is 48.5 Å². The van der Waals surface area contributed by atoms with Crippen LogP contribution in [0, 0.1) is 0 Å². The molecule has 32 heavy (non-hydrogen) atoms. The number of aromatic amines is 1. The lowest BCUT2D eigenvalue weighted by Gasteiger charge is -2.18. The summed E-state index contributed by atoms with van der Waals surface area (Å²) in [6.45, 7) is 2.32. The summed E-state index contributed by atoms with van der Waals surface area (Å²) in [7, 11) is 5.93. The molecule has 0 amide bonds. The number of aromatic nitrogens is 2. The van der Waals surface area contributed by atoms with Crippen molar-refractivity contribution in [3.63, 3.8) is 0 Å². The first-order valence-electron chi connectivity index (χ1n) is 11.2. The smallest absolute Gasteiger partial charge is 0.137 e. The zero-order valence-corrected chi connectivity index (χ0v) is 18.9. The molecule has 5 heteroatoms. The largest absolute Gasteiger partial charge is 0.374 e. The SMILES string of the molecule is CN1CCC(c2ccc(-c3cnc4[nH]cc(-c5ccc(C(O)N(C)C)cc5)c4c3)cc2)C1. The zero-order valence-electron chi connectivity index (χ0n) is 18.9. The van der Waals surface area contributed by atoms with E-state index in [1.165, 1.54) is 24.1 Å². The second-order valence-electron chi connectivity index (χ2n) is 9.15. The summed E-state index contributed by atoms with van der Waals surface area (Å²) in [6.07, 6.45) is 4.59. The number of nitrogens with zero attached hydrogens (tertiary/aromatic N) is 3. The highest BCUT2D eigenvalue weighted by Gasteiger charge is 2.21. The molecule has 2 unspecified atom stereocenters. The summed E-state index contributed by atoms with van der Waals surface area (Å²) in [4.78, 5) is 12.2. The number of fused-ring (bicyclic) bond motifs is 1. The summed E-state index contributed by atoms with van der Waals surface area (Å²) < 4.78 is 0. The number of rotatable bonds is 5. The number of hydrogen-bond acceptors (Lipinski definition) is 4. The van der Waals surface area contributed by atoms with Gasteiger partial charge in [0.1, 0.15) is 11.9 Å². The first kappa shape index (κ1) is 20.9. The average molecular weight is 427 g/mol. The molecular formula is C27H30N4O. The van der Waals surface area contributed by atoms with E-state index in [2.05, 4.69) is 64.4 Å². The Morgan fingerprint density at radius 3 is 2.41 bits per heavy atom. The summed E-state index contributed by atoms with van der Waals surface area (Å²) in [5.74, 6) is 0.639. The van der Waals surface area contributed by atoms with E-state index >= 15 is 0 Å². The van der Waals surface area contributed by atoms with Gasteiger partial charge < -0.3 is 15.0 Å². The van der Waals surface area contributed by atoms with E-state index in [4.69, 9.17) is 0 Å². The van der Waals surface area contributed by atoms with Crippen LogP contribution in [0.1, 0.15) is 29.7 Å². The van der Waals surface area contributed by atoms with Gasteiger partial charge in [0, 0.05) is 35.5 Å². The second kappa shape index (κ2) is 8.51. The predicted octanol–water partition coefficient (Wildman–Crippen LogP) is 4.87. The molecule has 0 aliphatic carbocycles. The van der Waals surface area contributed by atoms with Crippen LogP contribution in [0.25, 0.3) is 33.3 Å². The first-order chi connectivity index (χ1) is 15.5. The Kier molecular flexibility index (Phi) is 5.55. The van der Waals surface area contributed by atoms with Crippen molar-refractivity contribution in [2.45, 2.75) is 18.6 Å². The van der Waals surface area contributed by atoms with E-state index in [9.17, 15) is 5.11 Å². The van der Waals surface area contributed by atoms with Crippen LogP contribution in [0.3, 0.4) is 0 Å². The molecule has 2 aromatic carbocycles. The van der Waals surface area contributed by atoms with Crippen LogP contribution < -0.4 is 0 Å². The van der Waals surface area contributed by atoms with Crippen LogP contribution in [0.15, 0.2) is 67.0 Å². The van der Waals surface area contributed by atoms with Gasteiger partial charge in [0.25, 0.3) is 0 Å². The van der Waals surface area contributed by atoms with Crippen molar-refractivity contribution in [2.24, 2.45) is 0 Å². The van der Waals surface area contributed by atoms with Gasteiger partial charge in [0.15, 0.2) is 0 Å². The van der Waals surface area contributed by atoms with Gasteiger partial charge in [-0.3, -0.25) is 4.90 Å². The molecule has 1 aliphatic heterocycles. The minimum atomic E-state index is -0.604. The van der Waals surface area contributed by atoms with Gasteiger partial charge >= 0.3 is 0 Å². The topological polar surface area (TPSA) is 55.4 Å². The Labute approximate surface area is 189 Å². The summed E-state index contributed by atoms with van der Waals surface area (Å²) in [5.41, 5.74) is 7.71. The van der Waals surface area contributed by atoms with E-state index in [1.54, 1.807) is 4.90 Å². The Morgan fingerprint density at radius 1 is 1.03 bits per heavy atom. The average Bonchev–Trinajstić information content (AvgIpc) is 3.44. The highest BCUT2D eigenvalue weighted by atomic mass is 16.3. The summed E-state index contributed by atoms with van der Waals surface area (Å²) in [5, 5.41) is 11.4. The maximum absolute atomic E-state index is 10.3.